The van der Waals surface area contributed by atoms with Gasteiger partial charge in [0.2, 0.25) is 0 Å². The molecule has 0 aromatic heterocycles. The lowest BCUT2D eigenvalue weighted by Crippen LogP contribution is -2.22. The lowest BCUT2D eigenvalue weighted by Gasteiger charge is -2.21. The first kappa shape index (κ1) is 21.9. The third-order valence-electron chi connectivity index (χ3n) is 4.80. The Morgan fingerprint density at radius 3 is 2.06 bits per heavy atom. The SMILES string of the molecule is CCN(CC)c1ccc(NC(=O)COc2ccccc2C(=O)Nc2ccccc2)cc1. The second kappa shape index (κ2) is 10.8. The summed E-state index contributed by atoms with van der Waals surface area (Å²) in [6.07, 6.45) is 0. The maximum absolute atomic E-state index is 12.6. The zero-order chi connectivity index (χ0) is 22.1. The number of hydrogen-bond acceptors (Lipinski definition) is 4. The fourth-order valence-electron chi connectivity index (χ4n) is 3.18. The normalized spacial score (nSPS) is 10.3. The molecule has 2 N–H and O–H groups in total. The van der Waals surface area contributed by atoms with Crippen LogP contribution in [0.25, 0.3) is 0 Å². The number of hydrogen-bond donors (Lipinski definition) is 2. The molecule has 3 aromatic carbocycles. The van der Waals surface area contributed by atoms with Crippen LogP contribution in [0.5, 0.6) is 5.75 Å². The molecule has 0 radical (unpaired) electrons. The minimum absolute atomic E-state index is 0.201. The number of para-hydroxylation sites is 2. The minimum Gasteiger partial charge on any atom is -0.483 e. The quantitative estimate of drug-likeness (QED) is 0.525. The number of anilines is 3. The van der Waals surface area contributed by atoms with Crippen LogP contribution < -0.4 is 20.3 Å². The van der Waals surface area contributed by atoms with E-state index in [4.69, 9.17) is 4.74 Å². The Morgan fingerprint density at radius 2 is 1.39 bits per heavy atom. The Morgan fingerprint density at radius 1 is 0.774 bits per heavy atom. The molecular weight excluding hydrogens is 390 g/mol. The third kappa shape index (κ3) is 6.09. The van der Waals surface area contributed by atoms with Crippen molar-refractivity contribution >= 4 is 28.9 Å². The first-order valence-electron chi connectivity index (χ1n) is 10.3. The summed E-state index contributed by atoms with van der Waals surface area (Å²) in [6, 6.07) is 23.7. The van der Waals surface area contributed by atoms with Crippen LogP contribution in [0.3, 0.4) is 0 Å². The van der Waals surface area contributed by atoms with Gasteiger partial charge in [0, 0.05) is 30.2 Å². The van der Waals surface area contributed by atoms with Gasteiger partial charge in [-0.2, -0.15) is 0 Å². The molecule has 0 bridgehead atoms. The van der Waals surface area contributed by atoms with Crippen LogP contribution in [-0.2, 0) is 4.79 Å². The number of nitrogens with zero attached hydrogens (tertiary/aromatic N) is 1. The van der Waals surface area contributed by atoms with Crippen LogP contribution in [0.4, 0.5) is 17.1 Å². The largest absolute Gasteiger partial charge is 0.483 e. The summed E-state index contributed by atoms with van der Waals surface area (Å²) in [5, 5.41) is 5.65. The predicted molar refractivity (Wildman–Crippen MR) is 125 cm³/mol. The maximum Gasteiger partial charge on any atom is 0.262 e. The lowest BCUT2D eigenvalue weighted by molar-refractivity contribution is -0.118. The summed E-state index contributed by atoms with van der Waals surface area (Å²) in [4.78, 5) is 27.2. The first-order chi connectivity index (χ1) is 15.1. The van der Waals surface area contributed by atoms with Gasteiger partial charge in [0.05, 0.1) is 5.56 Å². The molecule has 0 aliphatic heterocycles. The molecule has 6 heteroatoms. The maximum atomic E-state index is 12.6. The molecule has 2 amide bonds. The van der Waals surface area contributed by atoms with Gasteiger partial charge in [-0.05, 0) is 62.4 Å². The molecule has 160 valence electrons. The molecule has 0 spiro atoms. The first-order valence-corrected chi connectivity index (χ1v) is 10.3. The fraction of sp³-hybridized carbons (Fsp3) is 0.200. The Labute approximate surface area is 182 Å². The van der Waals surface area contributed by atoms with E-state index in [-0.39, 0.29) is 18.4 Å². The molecule has 0 aliphatic rings. The average Bonchev–Trinajstić information content (AvgIpc) is 2.80. The van der Waals surface area contributed by atoms with Crippen LogP contribution >= 0.6 is 0 Å². The molecule has 3 rings (SSSR count). The molecule has 6 nitrogen and oxygen atoms in total. The summed E-state index contributed by atoms with van der Waals surface area (Å²) in [6.45, 7) is 5.86. The highest BCUT2D eigenvalue weighted by atomic mass is 16.5. The second-order valence-electron chi connectivity index (χ2n) is 6.87. The topological polar surface area (TPSA) is 70.7 Å². The third-order valence-corrected chi connectivity index (χ3v) is 4.80. The number of carbonyl (C=O) groups excluding carboxylic acids is 2. The molecule has 0 aliphatic carbocycles. The number of amides is 2. The van der Waals surface area contributed by atoms with Crippen LogP contribution in [0.1, 0.15) is 24.2 Å². The van der Waals surface area contributed by atoms with Gasteiger partial charge in [0.1, 0.15) is 5.75 Å². The van der Waals surface area contributed by atoms with Gasteiger partial charge in [-0.3, -0.25) is 9.59 Å². The zero-order valence-electron chi connectivity index (χ0n) is 17.8. The lowest BCUT2D eigenvalue weighted by atomic mass is 10.2. The molecule has 0 unspecified atom stereocenters. The molecule has 31 heavy (non-hydrogen) atoms. The van der Waals surface area contributed by atoms with E-state index in [9.17, 15) is 9.59 Å². The van der Waals surface area contributed by atoms with Gasteiger partial charge in [-0.1, -0.05) is 30.3 Å². The van der Waals surface area contributed by atoms with Crippen LogP contribution in [-0.4, -0.2) is 31.5 Å². The van der Waals surface area contributed by atoms with Crippen molar-refractivity contribution in [3.8, 4) is 5.75 Å². The predicted octanol–water partition coefficient (Wildman–Crippen LogP) is 4.80. The van der Waals surface area contributed by atoms with Gasteiger partial charge in [0.25, 0.3) is 11.8 Å². The van der Waals surface area contributed by atoms with E-state index in [2.05, 4.69) is 29.4 Å². The van der Waals surface area contributed by atoms with E-state index < -0.39 is 0 Å². The Hall–Kier alpha value is -3.80. The van der Waals surface area contributed by atoms with Crippen molar-refractivity contribution in [3.63, 3.8) is 0 Å². The molecule has 0 fully saturated rings. The molecule has 3 aromatic rings. The van der Waals surface area contributed by atoms with Crippen LogP contribution in [0.2, 0.25) is 0 Å². The summed E-state index contributed by atoms with van der Waals surface area (Å²) in [5.74, 6) is -0.244. The van der Waals surface area contributed by atoms with Gasteiger partial charge < -0.3 is 20.3 Å². The standard InChI is InChI=1S/C25H27N3O3/c1-3-28(4-2)21-16-14-20(15-17-21)26-24(29)18-31-23-13-9-8-12-22(23)25(30)27-19-10-6-5-7-11-19/h5-17H,3-4,18H2,1-2H3,(H,26,29)(H,27,30). The fourth-order valence-corrected chi connectivity index (χ4v) is 3.18. The number of carbonyl (C=O) groups is 2. The summed E-state index contributed by atoms with van der Waals surface area (Å²) in [5.41, 5.74) is 2.85. The highest BCUT2D eigenvalue weighted by Gasteiger charge is 2.14. The number of benzene rings is 3. The summed E-state index contributed by atoms with van der Waals surface area (Å²) >= 11 is 0. The number of rotatable bonds is 9. The molecule has 0 atom stereocenters. The van der Waals surface area contributed by atoms with Crippen LogP contribution in [0.15, 0.2) is 78.9 Å². The van der Waals surface area contributed by atoms with Crippen molar-refractivity contribution in [3.05, 3.63) is 84.4 Å². The summed E-state index contributed by atoms with van der Waals surface area (Å²) in [7, 11) is 0. The van der Waals surface area contributed by atoms with Gasteiger partial charge in [-0.25, -0.2) is 0 Å². The van der Waals surface area contributed by atoms with E-state index in [1.54, 1.807) is 36.4 Å². The van der Waals surface area contributed by atoms with Crippen molar-refractivity contribution in [1.29, 1.82) is 0 Å². The molecular formula is C25H27N3O3. The monoisotopic (exact) mass is 417 g/mol. The molecule has 0 saturated carbocycles. The van der Waals surface area contributed by atoms with E-state index in [1.165, 1.54) is 0 Å². The van der Waals surface area contributed by atoms with Crippen molar-refractivity contribution in [1.82, 2.24) is 0 Å². The van der Waals surface area contributed by atoms with Crippen molar-refractivity contribution < 1.29 is 14.3 Å². The second-order valence-corrected chi connectivity index (χ2v) is 6.87. The van der Waals surface area contributed by atoms with Gasteiger partial charge in [-0.15, -0.1) is 0 Å². The van der Waals surface area contributed by atoms with Gasteiger partial charge in [0.15, 0.2) is 6.61 Å². The highest BCUT2D eigenvalue weighted by Crippen LogP contribution is 2.21. The van der Waals surface area contributed by atoms with Crippen LogP contribution in [0, 0.1) is 0 Å². The summed E-state index contributed by atoms with van der Waals surface area (Å²) < 4.78 is 5.65. The van der Waals surface area contributed by atoms with E-state index >= 15 is 0 Å². The van der Waals surface area contributed by atoms with Gasteiger partial charge >= 0.3 is 0 Å². The smallest absolute Gasteiger partial charge is 0.262 e. The van der Waals surface area contributed by atoms with E-state index in [0.717, 1.165) is 18.8 Å². The minimum atomic E-state index is -0.297. The zero-order valence-corrected chi connectivity index (χ0v) is 17.8. The van der Waals surface area contributed by atoms with E-state index in [1.807, 2.05) is 42.5 Å². The number of nitrogens with one attached hydrogen (secondary N) is 2. The highest BCUT2D eigenvalue weighted by molar-refractivity contribution is 6.06. The Bertz CT molecular complexity index is 1000. The van der Waals surface area contributed by atoms with E-state index in [0.29, 0.717) is 22.7 Å². The number of ether oxygens (including phenoxy) is 1. The van der Waals surface area contributed by atoms with Crippen molar-refractivity contribution in [2.75, 3.05) is 35.2 Å². The van der Waals surface area contributed by atoms with Crippen molar-refractivity contribution in [2.45, 2.75) is 13.8 Å². The Balaban J connectivity index is 1.58. The average molecular weight is 418 g/mol. The Kier molecular flexibility index (Phi) is 7.65. The molecule has 0 saturated heterocycles. The van der Waals surface area contributed by atoms with Crippen molar-refractivity contribution in [2.24, 2.45) is 0 Å². The molecule has 0 heterocycles.